The van der Waals surface area contributed by atoms with Gasteiger partial charge >= 0.3 is 11.9 Å². The van der Waals surface area contributed by atoms with Crippen LogP contribution in [-0.2, 0) is 28.5 Å². The summed E-state index contributed by atoms with van der Waals surface area (Å²) in [6, 6.07) is 0. The van der Waals surface area contributed by atoms with Gasteiger partial charge in [-0.1, -0.05) is 27.7 Å². The van der Waals surface area contributed by atoms with Gasteiger partial charge in [0.2, 0.25) is 0 Å². The SMILES string of the molecule is CCC(C)C(=O)OCCOCCOCCOC(=O)C(C)CC. The Morgan fingerprint density at radius 1 is 0.682 bits per heavy atom. The molecular weight excluding hydrogens is 288 g/mol. The highest BCUT2D eigenvalue weighted by atomic mass is 16.6. The van der Waals surface area contributed by atoms with E-state index in [2.05, 4.69) is 0 Å². The Kier molecular flexibility index (Phi) is 12.8. The Morgan fingerprint density at radius 2 is 1.00 bits per heavy atom. The number of hydrogen-bond donors (Lipinski definition) is 0. The first kappa shape index (κ1) is 20.9. The van der Waals surface area contributed by atoms with Crippen molar-refractivity contribution in [3.8, 4) is 0 Å². The second-order valence-electron chi connectivity index (χ2n) is 5.18. The van der Waals surface area contributed by atoms with Crippen LogP contribution in [0.4, 0.5) is 0 Å². The molecule has 0 rings (SSSR count). The van der Waals surface area contributed by atoms with E-state index < -0.39 is 0 Å². The van der Waals surface area contributed by atoms with Gasteiger partial charge in [-0.05, 0) is 12.8 Å². The second-order valence-corrected chi connectivity index (χ2v) is 5.18. The van der Waals surface area contributed by atoms with Gasteiger partial charge in [0.15, 0.2) is 0 Å². The van der Waals surface area contributed by atoms with Crippen LogP contribution in [0.15, 0.2) is 0 Å². The summed E-state index contributed by atoms with van der Waals surface area (Å²) in [5, 5.41) is 0. The summed E-state index contributed by atoms with van der Waals surface area (Å²) in [4.78, 5) is 22.7. The Labute approximate surface area is 133 Å². The molecule has 0 radical (unpaired) electrons. The standard InChI is InChI=1S/C16H30O6/c1-5-13(3)15(17)21-11-9-19-7-8-20-10-12-22-16(18)14(4)6-2/h13-14H,5-12H2,1-4H3. The van der Waals surface area contributed by atoms with Gasteiger partial charge in [0.1, 0.15) is 13.2 Å². The molecule has 0 amide bonds. The molecule has 130 valence electrons. The van der Waals surface area contributed by atoms with Gasteiger partial charge in [0, 0.05) is 0 Å². The molecule has 0 heterocycles. The molecule has 0 aromatic carbocycles. The highest BCUT2D eigenvalue weighted by Gasteiger charge is 2.11. The third kappa shape index (κ3) is 10.6. The van der Waals surface area contributed by atoms with E-state index in [1.54, 1.807) is 0 Å². The Bertz CT molecular complexity index is 275. The summed E-state index contributed by atoms with van der Waals surface area (Å²) in [6.45, 7) is 9.63. The number of esters is 2. The van der Waals surface area contributed by atoms with Crippen molar-refractivity contribution in [1.29, 1.82) is 0 Å². The minimum Gasteiger partial charge on any atom is -0.463 e. The third-order valence-electron chi connectivity index (χ3n) is 3.35. The van der Waals surface area contributed by atoms with Crippen molar-refractivity contribution in [3.05, 3.63) is 0 Å². The van der Waals surface area contributed by atoms with Crippen LogP contribution in [0.3, 0.4) is 0 Å². The lowest BCUT2D eigenvalue weighted by Crippen LogP contribution is -2.19. The predicted molar refractivity (Wildman–Crippen MR) is 82.5 cm³/mol. The molecular formula is C16H30O6. The number of carbonyl (C=O) groups is 2. The lowest BCUT2D eigenvalue weighted by atomic mass is 10.1. The number of ether oxygens (including phenoxy) is 4. The lowest BCUT2D eigenvalue weighted by molar-refractivity contribution is -0.151. The Hall–Kier alpha value is -1.14. The van der Waals surface area contributed by atoms with Crippen LogP contribution in [0.1, 0.15) is 40.5 Å². The maximum absolute atomic E-state index is 11.4. The van der Waals surface area contributed by atoms with Crippen LogP contribution in [0.2, 0.25) is 0 Å². The van der Waals surface area contributed by atoms with Gasteiger partial charge in [0.05, 0.1) is 38.3 Å². The molecule has 0 aliphatic heterocycles. The van der Waals surface area contributed by atoms with E-state index in [0.29, 0.717) is 26.4 Å². The Balaban J connectivity index is 3.31. The summed E-state index contributed by atoms with van der Waals surface area (Å²) >= 11 is 0. The van der Waals surface area contributed by atoms with E-state index in [4.69, 9.17) is 18.9 Å². The monoisotopic (exact) mass is 318 g/mol. The first-order chi connectivity index (χ1) is 10.5. The predicted octanol–water partition coefficient (Wildman–Crippen LogP) is 2.20. The summed E-state index contributed by atoms with van der Waals surface area (Å²) in [5.41, 5.74) is 0. The molecule has 0 aliphatic rings. The van der Waals surface area contributed by atoms with Gasteiger partial charge in [-0.2, -0.15) is 0 Å². The van der Waals surface area contributed by atoms with Crippen molar-refractivity contribution in [2.45, 2.75) is 40.5 Å². The molecule has 0 bridgehead atoms. The zero-order valence-electron chi connectivity index (χ0n) is 14.3. The van der Waals surface area contributed by atoms with Crippen molar-refractivity contribution in [2.24, 2.45) is 11.8 Å². The number of rotatable bonds is 13. The Morgan fingerprint density at radius 3 is 1.32 bits per heavy atom. The molecule has 6 heteroatoms. The van der Waals surface area contributed by atoms with E-state index in [1.165, 1.54) is 0 Å². The first-order valence-electron chi connectivity index (χ1n) is 8.01. The molecule has 0 aromatic rings. The van der Waals surface area contributed by atoms with Gasteiger partial charge in [-0.3, -0.25) is 9.59 Å². The van der Waals surface area contributed by atoms with E-state index in [-0.39, 0.29) is 37.0 Å². The molecule has 0 aromatic heterocycles. The average molecular weight is 318 g/mol. The molecule has 0 N–H and O–H groups in total. The molecule has 2 unspecified atom stereocenters. The summed E-state index contributed by atoms with van der Waals surface area (Å²) < 4.78 is 20.6. The van der Waals surface area contributed by atoms with Crippen LogP contribution in [0, 0.1) is 11.8 Å². The summed E-state index contributed by atoms with van der Waals surface area (Å²) in [6.07, 6.45) is 1.55. The first-order valence-corrected chi connectivity index (χ1v) is 8.01. The van der Waals surface area contributed by atoms with Gasteiger partial charge in [-0.15, -0.1) is 0 Å². The molecule has 0 fully saturated rings. The van der Waals surface area contributed by atoms with Crippen molar-refractivity contribution >= 4 is 11.9 Å². The fourth-order valence-corrected chi connectivity index (χ4v) is 1.34. The summed E-state index contributed by atoms with van der Waals surface area (Å²) in [7, 11) is 0. The maximum Gasteiger partial charge on any atom is 0.308 e. The molecule has 0 saturated carbocycles. The fourth-order valence-electron chi connectivity index (χ4n) is 1.34. The van der Waals surface area contributed by atoms with Crippen molar-refractivity contribution in [1.82, 2.24) is 0 Å². The van der Waals surface area contributed by atoms with Crippen LogP contribution >= 0.6 is 0 Å². The molecule has 0 spiro atoms. The van der Waals surface area contributed by atoms with E-state index >= 15 is 0 Å². The minimum atomic E-state index is -0.189. The molecule has 0 saturated heterocycles. The van der Waals surface area contributed by atoms with Crippen LogP contribution in [-0.4, -0.2) is 51.6 Å². The smallest absolute Gasteiger partial charge is 0.308 e. The van der Waals surface area contributed by atoms with Crippen molar-refractivity contribution in [3.63, 3.8) is 0 Å². The minimum absolute atomic E-state index is 0.0681. The van der Waals surface area contributed by atoms with Gasteiger partial charge in [-0.25, -0.2) is 0 Å². The molecule has 22 heavy (non-hydrogen) atoms. The topological polar surface area (TPSA) is 71.1 Å². The summed E-state index contributed by atoms with van der Waals surface area (Å²) in [5.74, 6) is -0.515. The largest absolute Gasteiger partial charge is 0.463 e. The van der Waals surface area contributed by atoms with Crippen LogP contribution in [0.25, 0.3) is 0 Å². The molecule has 2 atom stereocenters. The number of hydrogen-bond acceptors (Lipinski definition) is 6. The molecule has 6 nitrogen and oxygen atoms in total. The van der Waals surface area contributed by atoms with Crippen molar-refractivity contribution < 1.29 is 28.5 Å². The van der Waals surface area contributed by atoms with Crippen molar-refractivity contribution in [2.75, 3.05) is 39.6 Å². The normalized spacial score (nSPS) is 13.5. The van der Waals surface area contributed by atoms with E-state index in [0.717, 1.165) is 12.8 Å². The zero-order valence-corrected chi connectivity index (χ0v) is 14.3. The maximum atomic E-state index is 11.4. The van der Waals surface area contributed by atoms with Gasteiger partial charge in [0.25, 0.3) is 0 Å². The highest BCUT2D eigenvalue weighted by Crippen LogP contribution is 2.03. The quantitative estimate of drug-likeness (QED) is 0.383. The van der Waals surface area contributed by atoms with E-state index in [1.807, 2.05) is 27.7 Å². The highest BCUT2D eigenvalue weighted by molar-refractivity contribution is 5.72. The fraction of sp³-hybridized carbons (Fsp3) is 0.875. The van der Waals surface area contributed by atoms with Crippen LogP contribution < -0.4 is 0 Å². The zero-order chi connectivity index (χ0) is 16.8. The number of carbonyl (C=O) groups excluding carboxylic acids is 2. The molecule has 0 aliphatic carbocycles. The third-order valence-corrected chi connectivity index (χ3v) is 3.35. The van der Waals surface area contributed by atoms with E-state index in [9.17, 15) is 9.59 Å². The van der Waals surface area contributed by atoms with Crippen LogP contribution in [0.5, 0.6) is 0 Å². The lowest BCUT2D eigenvalue weighted by Gasteiger charge is -2.10. The second kappa shape index (κ2) is 13.5. The average Bonchev–Trinajstić information content (AvgIpc) is 2.54. The van der Waals surface area contributed by atoms with Gasteiger partial charge < -0.3 is 18.9 Å².